The first-order valence-electron chi connectivity index (χ1n) is 10.2. The summed E-state index contributed by atoms with van der Waals surface area (Å²) in [5.74, 6) is 2.10. The van der Waals surface area contributed by atoms with E-state index >= 15 is 0 Å². The van der Waals surface area contributed by atoms with E-state index in [1.54, 1.807) is 0 Å². The molecule has 2 aromatic rings. The number of nitrogens with zero attached hydrogens (tertiary/aromatic N) is 4. The molecule has 0 saturated carbocycles. The van der Waals surface area contributed by atoms with Crippen LogP contribution in [0, 0.1) is 5.92 Å². The molecule has 0 spiro atoms. The van der Waals surface area contributed by atoms with Gasteiger partial charge in [-0.1, -0.05) is 63.7 Å². The van der Waals surface area contributed by atoms with Gasteiger partial charge in [0.15, 0.2) is 11.0 Å². The summed E-state index contributed by atoms with van der Waals surface area (Å²) in [5.41, 5.74) is 2.49. The molecule has 0 aliphatic carbocycles. The maximum absolute atomic E-state index is 12.6. The number of hydrogen-bond donors (Lipinski definition) is 0. The maximum Gasteiger partial charge on any atom is 0.233 e. The normalized spacial score (nSPS) is 17.8. The van der Waals surface area contributed by atoms with E-state index < -0.39 is 0 Å². The van der Waals surface area contributed by atoms with Crippen LogP contribution in [0.3, 0.4) is 0 Å². The second-order valence-corrected chi connectivity index (χ2v) is 9.70. The van der Waals surface area contributed by atoms with Crippen molar-refractivity contribution < 1.29 is 4.79 Å². The van der Waals surface area contributed by atoms with E-state index in [1.165, 1.54) is 23.7 Å². The van der Waals surface area contributed by atoms with E-state index in [9.17, 15) is 4.79 Å². The van der Waals surface area contributed by atoms with Crippen molar-refractivity contribution >= 4 is 17.7 Å². The molecule has 1 aromatic heterocycles. The molecule has 1 amide bonds. The van der Waals surface area contributed by atoms with Gasteiger partial charge in [-0.3, -0.25) is 4.79 Å². The fraction of sp³-hybridized carbons (Fsp3) is 0.591. The highest BCUT2D eigenvalue weighted by atomic mass is 32.2. The Hall–Kier alpha value is -1.82. The zero-order chi connectivity index (χ0) is 20.3. The van der Waals surface area contributed by atoms with Gasteiger partial charge in [-0.05, 0) is 36.7 Å². The zero-order valence-electron chi connectivity index (χ0n) is 17.7. The molecule has 1 unspecified atom stereocenters. The Bertz CT molecular complexity index is 807. The van der Waals surface area contributed by atoms with Crippen molar-refractivity contribution in [3.63, 3.8) is 0 Å². The molecule has 3 rings (SSSR count). The minimum atomic E-state index is 0.129. The van der Waals surface area contributed by atoms with Crippen LogP contribution in [-0.2, 0) is 16.8 Å². The first-order chi connectivity index (χ1) is 13.3. The third-order valence-corrected chi connectivity index (χ3v) is 6.33. The Morgan fingerprint density at radius 3 is 2.54 bits per heavy atom. The molecule has 1 aliphatic heterocycles. The summed E-state index contributed by atoms with van der Waals surface area (Å²) in [6.07, 6.45) is 2.33. The summed E-state index contributed by atoms with van der Waals surface area (Å²) in [5, 5.41) is 9.61. The summed E-state index contributed by atoms with van der Waals surface area (Å²) < 4.78 is 2.10. The van der Waals surface area contributed by atoms with Crippen molar-refractivity contribution in [3.05, 3.63) is 29.8 Å². The Balaban J connectivity index is 1.70. The Morgan fingerprint density at radius 1 is 1.21 bits per heavy atom. The first-order valence-corrected chi connectivity index (χ1v) is 11.2. The lowest BCUT2D eigenvalue weighted by molar-refractivity contribution is -0.130. The third kappa shape index (κ3) is 4.77. The van der Waals surface area contributed by atoms with Crippen LogP contribution in [0.4, 0.5) is 0 Å². The second-order valence-electron chi connectivity index (χ2n) is 8.75. The van der Waals surface area contributed by atoms with Gasteiger partial charge in [-0.25, -0.2) is 0 Å². The highest BCUT2D eigenvalue weighted by Gasteiger charge is 2.22. The molecule has 1 aromatic carbocycles. The van der Waals surface area contributed by atoms with Crippen molar-refractivity contribution in [2.45, 2.75) is 64.6 Å². The number of likely N-dealkylation sites (tertiary alicyclic amines) is 1. The number of hydrogen-bond acceptors (Lipinski definition) is 4. The Labute approximate surface area is 172 Å². The lowest BCUT2D eigenvalue weighted by Gasteiger charge is -2.30. The Morgan fingerprint density at radius 2 is 1.93 bits per heavy atom. The number of aromatic nitrogens is 3. The predicted octanol–water partition coefficient (Wildman–Crippen LogP) is 4.61. The quantitative estimate of drug-likeness (QED) is 0.688. The van der Waals surface area contributed by atoms with Gasteiger partial charge in [-0.2, -0.15) is 0 Å². The van der Waals surface area contributed by atoms with Crippen molar-refractivity contribution in [2.24, 2.45) is 5.92 Å². The molecule has 1 fully saturated rings. The molecule has 0 N–H and O–H groups in total. The van der Waals surface area contributed by atoms with Crippen LogP contribution in [-0.4, -0.2) is 44.4 Å². The van der Waals surface area contributed by atoms with Gasteiger partial charge in [0.05, 0.1) is 5.75 Å². The van der Waals surface area contributed by atoms with Crippen LogP contribution in [0.25, 0.3) is 11.4 Å². The van der Waals surface area contributed by atoms with Crippen LogP contribution < -0.4 is 0 Å². The minimum Gasteiger partial charge on any atom is -0.342 e. The van der Waals surface area contributed by atoms with Crippen LogP contribution in [0.5, 0.6) is 0 Å². The molecule has 0 bridgehead atoms. The fourth-order valence-corrected chi connectivity index (χ4v) is 4.55. The van der Waals surface area contributed by atoms with Crippen LogP contribution in [0.2, 0.25) is 0 Å². The van der Waals surface area contributed by atoms with Gasteiger partial charge in [0.25, 0.3) is 0 Å². The molecule has 1 saturated heterocycles. The van der Waals surface area contributed by atoms with Gasteiger partial charge in [0, 0.05) is 25.2 Å². The SMILES string of the molecule is CCn1c(SCC(=O)N2CCCC(C)C2)nnc1-c1ccc(C(C)(C)C)cc1. The van der Waals surface area contributed by atoms with Crippen molar-refractivity contribution in [3.8, 4) is 11.4 Å². The third-order valence-electron chi connectivity index (χ3n) is 5.38. The van der Waals surface area contributed by atoms with E-state index in [1.807, 2.05) is 4.90 Å². The average Bonchev–Trinajstić information content (AvgIpc) is 3.08. The van der Waals surface area contributed by atoms with Gasteiger partial charge in [-0.15, -0.1) is 10.2 Å². The van der Waals surface area contributed by atoms with E-state index in [0.29, 0.717) is 11.7 Å². The summed E-state index contributed by atoms with van der Waals surface area (Å²) in [4.78, 5) is 14.6. The van der Waals surface area contributed by atoms with Crippen LogP contribution in [0.15, 0.2) is 29.4 Å². The fourth-order valence-electron chi connectivity index (χ4n) is 3.65. The van der Waals surface area contributed by atoms with E-state index in [0.717, 1.165) is 42.6 Å². The standard InChI is InChI=1S/C22H32N4OS/c1-6-26-20(17-9-11-18(12-10-17)22(3,4)5)23-24-21(26)28-15-19(27)25-13-7-8-16(2)14-25/h9-12,16H,6-8,13-15H2,1-5H3. The number of carbonyl (C=O) groups is 1. The lowest BCUT2D eigenvalue weighted by atomic mass is 9.87. The van der Waals surface area contributed by atoms with Gasteiger partial charge >= 0.3 is 0 Å². The smallest absolute Gasteiger partial charge is 0.233 e. The summed E-state index contributed by atoms with van der Waals surface area (Å²) in [7, 11) is 0. The minimum absolute atomic E-state index is 0.129. The molecule has 5 nitrogen and oxygen atoms in total. The van der Waals surface area contributed by atoms with Crippen LogP contribution >= 0.6 is 11.8 Å². The predicted molar refractivity (Wildman–Crippen MR) is 116 cm³/mol. The summed E-state index contributed by atoms with van der Waals surface area (Å²) in [6.45, 7) is 13.5. The number of piperidine rings is 1. The van der Waals surface area contributed by atoms with Gasteiger partial charge in [0.2, 0.25) is 5.91 Å². The number of benzene rings is 1. The molecule has 1 atom stereocenters. The summed E-state index contributed by atoms with van der Waals surface area (Å²) >= 11 is 1.50. The molecule has 6 heteroatoms. The zero-order valence-corrected chi connectivity index (χ0v) is 18.6. The first kappa shape index (κ1) is 20.9. The van der Waals surface area contributed by atoms with E-state index in [4.69, 9.17) is 0 Å². The number of carbonyl (C=O) groups excluding carboxylic acids is 1. The van der Waals surface area contributed by atoms with Crippen molar-refractivity contribution in [2.75, 3.05) is 18.8 Å². The molecule has 0 radical (unpaired) electrons. The van der Waals surface area contributed by atoms with Crippen LogP contribution in [0.1, 0.15) is 53.0 Å². The number of thioether (sulfide) groups is 1. The average molecular weight is 401 g/mol. The summed E-state index contributed by atoms with van der Waals surface area (Å²) in [6, 6.07) is 8.56. The van der Waals surface area contributed by atoms with Gasteiger partial charge < -0.3 is 9.47 Å². The second kappa shape index (κ2) is 8.68. The van der Waals surface area contributed by atoms with E-state index in [-0.39, 0.29) is 11.3 Å². The topological polar surface area (TPSA) is 51.0 Å². The molecular weight excluding hydrogens is 368 g/mol. The maximum atomic E-state index is 12.6. The Kier molecular flexibility index (Phi) is 6.48. The lowest BCUT2D eigenvalue weighted by Crippen LogP contribution is -2.40. The monoisotopic (exact) mass is 400 g/mol. The molecule has 1 aliphatic rings. The number of amides is 1. The van der Waals surface area contributed by atoms with Gasteiger partial charge in [0.1, 0.15) is 0 Å². The highest BCUT2D eigenvalue weighted by Crippen LogP contribution is 2.28. The molecule has 152 valence electrons. The van der Waals surface area contributed by atoms with Crippen molar-refractivity contribution in [1.82, 2.24) is 19.7 Å². The molecule has 28 heavy (non-hydrogen) atoms. The number of rotatable bonds is 5. The highest BCUT2D eigenvalue weighted by molar-refractivity contribution is 7.99. The van der Waals surface area contributed by atoms with E-state index in [2.05, 4.69) is 73.6 Å². The largest absolute Gasteiger partial charge is 0.342 e. The molecular formula is C22H32N4OS. The van der Waals surface area contributed by atoms with Crippen molar-refractivity contribution in [1.29, 1.82) is 0 Å². The molecule has 2 heterocycles.